The number of carboxylic acid groups (broad SMARTS) is 1. The number of nitrogens with two attached hydrogens (primary N) is 2. The van der Waals surface area contributed by atoms with E-state index in [0.717, 1.165) is 33.6 Å². The molecule has 0 aliphatic heterocycles. The third-order valence-electron chi connectivity index (χ3n) is 6.32. The van der Waals surface area contributed by atoms with E-state index < -0.39 is 29.6 Å². The van der Waals surface area contributed by atoms with Crippen LogP contribution in [0.25, 0.3) is 22.3 Å². The maximum atomic E-state index is 12.7. The number of ether oxygens (including phenoxy) is 1. The van der Waals surface area contributed by atoms with Crippen molar-refractivity contribution < 1.29 is 24.2 Å². The number of carbonyl (C=O) groups excluding carboxylic acids is 2. The van der Waals surface area contributed by atoms with Gasteiger partial charge in [0.05, 0.1) is 6.04 Å². The minimum atomic E-state index is -1.45. The summed E-state index contributed by atoms with van der Waals surface area (Å²) in [5.41, 5.74) is 16.0. The molecule has 0 radical (unpaired) electrons. The number of aliphatic carboxylic acids is 1. The largest absolute Gasteiger partial charge is 0.489 e. The van der Waals surface area contributed by atoms with Crippen molar-refractivity contribution in [3.8, 4) is 28.0 Å². The predicted octanol–water partition coefficient (Wildman–Crippen LogP) is 4.69. The lowest BCUT2D eigenvalue weighted by molar-refractivity contribution is -0.140. The summed E-state index contributed by atoms with van der Waals surface area (Å²) in [4.78, 5) is 35.5. The van der Waals surface area contributed by atoms with Crippen molar-refractivity contribution in [2.75, 3.05) is 0 Å². The summed E-state index contributed by atoms with van der Waals surface area (Å²) in [5, 5.41) is 9.44. The lowest BCUT2D eigenvalue weighted by atomic mass is 9.90. The van der Waals surface area contributed by atoms with E-state index in [4.69, 9.17) is 16.2 Å². The van der Waals surface area contributed by atoms with E-state index >= 15 is 0 Å². The molecule has 0 saturated heterocycles. The Kier molecular flexibility index (Phi) is 8.30. The minimum Gasteiger partial charge on any atom is -0.489 e. The standard InChI is InChI=1S/C31H28N2O5/c32-28(30(33)35)18-27(31(36)37)29(34)23-12-10-20(11-13-23)21-14-16-25(17-15-21)38-19-24-8-4-5-9-26(24)22-6-2-1-3-7-22/h1-17,27-28H,18-19,32H2,(H2,33,35)(H,36,37)/t27?,28-/m0/s1. The molecule has 7 nitrogen and oxygen atoms in total. The third kappa shape index (κ3) is 6.32. The molecular weight excluding hydrogens is 480 g/mol. The van der Waals surface area contributed by atoms with E-state index in [0.29, 0.717) is 6.61 Å². The Morgan fingerprint density at radius 1 is 0.737 bits per heavy atom. The SMILES string of the molecule is NC(=O)[C@@H](N)CC(C(=O)O)C(=O)c1ccc(-c2ccc(OCc3ccccc3-c3ccccc3)cc2)cc1. The van der Waals surface area contributed by atoms with Gasteiger partial charge < -0.3 is 21.3 Å². The Morgan fingerprint density at radius 3 is 1.92 bits per heavy atom. The number of hydrogen-bond acceptors (Lipinski definition) is 5. The molecule has 1 amide bonds. The van der Waals surface area contributed by atoms with Gasteiger partial charge in [-0.05, 0) is 46.4 Å². The normalized spacial score (nSPS) is 12.3. The molecule has 192 valence electrons. The number of rotatable bonds is 11. The highest BCUT2D eigenvalue weighted by Gasteiger charge is 2.30. The second kappa shape index (κ2) is 12.0. The van der Waals surface area contributed by atoms with Crippen molar-refractivity contribution in [2.24, 2.45) is 17.4 Å². The van der Waals surface area contributed by atoms with Crippen molar-refractivity contribution in [2.45, 2.75) is 19.1 Å². The molecule has 38 heavy (non-hydrogen) atoms. The van der Waals surface area contributed by atoms with E-state index in [-0.39, 0.29) is 12.0 Å². The molecule has 4 aromatic carbocycles. The molecule has 0 bridgehead atoms. The molecule has 4 rings (SSSR count). The first kappa shape index (κ1) is 26.3. The van der Waals surface area contributed by atoms with Gasteiger partial charge in [-0.15, -0.1) is 0 Å². The van der Waals surface area contributed by atoms with Crippen LogP contribution in [0.3, 0.4) is 0 Å². The molecule has 2 atom stereocenters. The zero-order valence-corrected chi connectivity index (χ0v) is 20.6. The van der Waals surface area contributed by atoms with Gasteiger partial charge in [0, 0.05) is 5.56 Å². The molecule has 7 heteroatoms. The second-order valence-corrected chi connectivity index (χ2v) is 8.91. The van der Waals surface area contributed by atoms with Crippen molar-refractivity contribution >= 4 is 17.7 Å². The molecule has 5 N–H and O–H groups in total. The Morgan fingerprint density at radius 2 is 1.32 bits per heavy atom. The highest BCUT2D eigenvalue weighted by Crippen LogP contribution is 2.27. The average molecular weight is 509 g/mol. The number of carbonyl (C=O) groups is 3. The van der Waals surface area contributed by atoms with Gasteiger partial charge in [-0.2, -0.15) is 0 Å². The molecule has 4 aromatic rings. The van der Waals surface area contributed by atoms with E-state index in [1.807, 2.05) is 54.6 Å². The Hall–Kier alpha value is -4.75. The molecule has 0 saturated carbocycles. The number of carboxylic acids is 1. The van der Waals surface area contributed by atoms with Crippen molar-refractivity contribution in [1.29, 1.82) is 0 Å². The fourth-order valence-corrected chi connectivity index (χ4v) is 4.17. The van der Waals surface area contributed by atoms with Crippen LogP contribution in [-0.4, -0.2) is 28.8 Å². The van der Waals surface area contributed by atoms with Gasteiger partial charge in [-0.3, -0.25) is 14.4 Å². The Bertz CT molecular complexity index is 1420. The molecule has 1 unspecified atom stereocenters. The van der Waals surface area contributed by atoms with Crippen molar-refractivity contribution in [1.82, 2.24) is 0 Å². The Balaban J connectivity index is 1.42. The maximum absolute atomic E-state index is 12.7. The van der Waals surface area contributed by atoms with Crippen LogP contribution in [0.5, 0.6) is 5.75 Å². The smallest absolute Gasteiger partial charge is 0.314 e. The first-order valence-corrected chi connectivity index (χ1v) is 12.1. The van der Waals surface area contributed by atoms with E-state index in [2.05, 4.69) is 24.3 Å². The first-order valence-electron chi connectivity index (χ1n) is 12.1. The monoisotopic (exact) mass is 508 g/mol. The number of hydrogen-bond donors (Lipinski definition) is 3. The summed E-state index contributed by atoms with van der Waals surface area (Å²) in [5.74, 6) is -3.56. The second-order valence-electron chi connectivity index (χ2n) is 8.91. The van der Waals surface area contributed by atoms with Crippen LogP contribution in [0.1, 0.15) is 22.3 Å². The summed E-state index contributed by atoms with van der Waals surface area (Å²) >= 11 is 0. The van der Waals surface area contributed by atoms with Crippen LogP contribution in [0, 0.1) is 5.92 Å². The molecular formula is C31H28N2O5. The zero-order chi connectivity index (χ0) is 27.1. The number of Topliss-reactive ketones (excluding diaryl/α,β-unsaturated/α-hetero) is 1. The molecule has 0 aromatic heterocycles. The fraction of sp³-hybridized carbons (Fsp3) is 0.129. The molecule has 0 aliphatic carbocycles. The Labute approximate surface area is 220 Å². The van der Waals surface area contributed by atoms with Crippen LogP contribution in [0.15, 0.2) is 103 Å². The fourth-order valence-electron chi connectivity index (χ4n) is 4.17. The first-order chi connectivity index (χ1) is 18.3. The lowest BCUT2D eigenvalue weighted by Crippen LogP contribution is -2.41. The van der Waals surface area contributed by atoms with Gasteiger partial charge in [0.1, 0.15) is 18.3 Å². The maximum Gasteiger partial charge on any atom is 0.314 e. The zero-order valence-electron chi connectivity index (χ0n) is 20.6. The van der Waals surface area contributed by atoms with Gasteiger partial charge in [0.2, 0.25) is 5.91 Å². The molecule has 0 fully saturated rings. The number of ketones is 1. The summed E-state index contributed by atoms with van der Waals surface area (Å²) < 4.78 is 6.05. The van der Waals surface area contributed by atoms with Gasteiger partial charge in [0.15, 0.2) is 5.78 Å². The molecule has 0 aliphatic rings. The van der Waals surface area contributed by atoms with Crippen LogP contribution in [0.2, 0.25) is 0 Å². The van der Waals surface area contributed by atoms with Gasteiger partial charge >= 0.3 is 5.97 Å². The lowest BCUT2D eigenvalue weighted by Gasteiger charge is -2.15. The third-order valence-corrected chi connectivity index (χ3v) is 6.32. The van der Waals surface area contributed by atoms with Gasteiger partial charge in [-0.1, -0.05) is 91.0 Å². The topological polar surface area (TPSA) is 133 Å². The minimum absolute atomic E-state index is 0.217. The van der Waals surface area contributed by atoms with E-state index in [9.17, 15) is 19.5 Å². The molecule has 0 spiro atoms. The van der Waals surface area contributed by atoms with Crippen molar-refractivity contribution in [3.05, 3.63) is 114 Å². The van der Waals surface area contributed by atoms with Crippen LogP contribution in [-0.2, 0) is 16.2 Å². The highest BCUT2D eigenvalue weighted by atomic mass is 16.5. The van der Waals surface area contributed by atoms with E-state index in [1.165, 1.54) is 0 Å². The van der Waals surface area contributed by atoms with Gasteiger partial charge in [-0.25, -0.2) is 0 Å². The number of primary amides is 1. The highest BCUT2D eigenvalue weighted by molar-refractivity contribution is 6.08. The van der Waals surface area contributed by atoms with Crippen LogP contribution < -0.4 is 16.2 Å². The summed E-state index contributed by atoms with van der Waals surface area (Å²) in [6.07, 6.45) is -0.359. The van der Waals surface area contributed by atoms with Crippen LogP contribution >= 0.6 is 0 Å². The van der Waals surface area contributed by atoms with Crippen molar-refractivity contribution in [3.63, 3.8) is 0 Å². The summed E-state index contributed by atoms with van der Waals surface area (Å²) in [6.45, 7) is 0.422. The quantitative estimate of drug-likeness (QED) is 0.199. The summed E-state index contributed by atoms with van der Waals surface area (Å²) in [6, 6.07) is 31.3. The van der Waals surface area contributed by atoms with Crippen LogP contribution in [0.4, 0.5) is 0 Å². The number of amides is 1. The van der Waals surface area contributed by atoms with Gasteiger partial charge in [0.25, 0.3) is 0 Å². The molecule has 0 heterocycles. The predicted molar refractivity (Wildman–Crippen MR) is 145 cm³/mol. The van der Waals surface area contributed by atoms with E-state index in [1.54, 1.807) is 24.3 Å². The average Bonchev–Trinajstić information content (AvgIpc) is 2.95. The summed E-state index contributed by atoms with van der Waals surface area (Å²) in [7, 11) is 0. The number of benzene rings is 4.